The molecule has 154 valence electrons. The fourth-order valence-corrected chi connectivity index (χ4v) is 4.84. The first-order valence-electron chi connectivity index (χ1n) is 10.8. The molecule has 1 saturated heterocycles. The number of benzene rings is 3. The molecule has 1 fully saturated rings. The molecular formula is C26H23FN4. The minimum absolute atomic E-state index is 0.228. The van der Waals surface area contributed by atoms with Crippen LogP contribution in [-0.2, 0) is 0 Å². The van der Waals surface area contributed by atoms with Gasteiger partial charge in [0, 0.05) is 16.3 Å². The molecule has 3 aromatic carbocycles. The molecular weight excluding hydrogens is 387 g/mol. The highest BCUT2D eigenvalue weighted by atomic mass is 19.1. The summed E-state index contributed by atoms with van der Waals surface area (Å²) in [5.41, 5.74) is 7.21. The largest absolute Gasteiger partial charge is 0.353 e. The third kappa shape index (κ3) is 3.22. The average Bonchev–Trinajstić information content (AvgIpc) is 3.43. The fourth-order valence-electron chi connectivity index (χ4n) is 4.84. The van der Waals surface area contributed by atoms with E-state index < -0.39 is 0 Å². The van der Waals surface area contributed by atoms with Crippen LogP contribution < -0.4 is 5.32 Å². The molecule has 0 saturated carbocycles. The first-order valence-corrected chi connectivity index (χ1v) is 10.8. The molecule has 5 heteroatoms. The Morgan fingerprint density at radius 1 is 0.839 bits per heavy atom. The summed E-state index contributed by atoms with van der Waals surface area (Å²) < 4.78 is 13.8. The average molecular weight is 410 g/mol. The number of fused-ring (bicyclic) bond motifs is 2. The first kappa shape index (κ1) is 18.3. The Hall–Kier alpha value is -3.44. The van der Waals surface area contributed by atoms with Crippen molar-refractivity contribution >= 4 is 21.8 Å². The van der Waals surface area contributed by atoms with E-state index in [1.54, 1.807) is 12.1 Å². The van der Waals surface area contributed by atoms with Crippen molar-refractivity contribution < 1.29 is 4.39 Å². The lowest BCUT2D eigenvalue weighted by atomic mass is 9.89. The normalized spacial score (nSPS) is 15.1. The van der Waals surface area contributed by atoms with Gasteiger partial charge in [0.2, 0.25) is 0 Å². The predicted molar refractivity (Wildman–Crippen MR) is 124 cm³/mol. The Kier molecular flexibility index (Phi) is 4.35. The van der Waals surface area contributed by atoms with Crippen LogP contribution in [0.15, 0.2) is 66.7 Å². The van der Waals surface area contributed by atoms with Crippen LogP contribution in [0.1, 0.15) is 24.3 Å². The monoisotopic (exact) mass is 410 g/mol. The van der Waals surface area contributed by atoms with Crippen molar-refractivity contribution in [2.75, 3.05) is 13.1 Å². The molecule has 0 bridgehead atoms. The molecule has 1 aliphatic rings. The summed E-state index contributed by atoms with van der Waals surface area (Å²) in [5, 5.41) is 13.5. The van der Waals surface area contributed by atoms with E-state index in [4.69, 9.17) is 0 Å². The van der Waals surface area contributed by atoms with E-state index in [0.29, 0.717) is 5.92 Å². The number of piperidine rings is 1. The summed E-state index contributed by atoms with van der Waals surface area (Å²) in [7, 11) is 0. The zero-order valence-electron chi connectivity index (χ0n) is 17.1. The summed E-state index contributed by atoms with van der Waals surface area (Å²) in [6.45, 7) is 2.15. The van der Waals surface area contributed by atoms with E-state index in [0.717, 1.165) is 57.4 Å². The zero-order valence-corrected chi connectivity index (χ0v) is 17.1. The van der Waals surface area contributed by atoms with Gasteiger partial charge in [-0.2, -0.15) is 5.10 Å². The molecule has 0 amide bonds. The van der Waals surface area contributed by atoms with Gasteiger partial charge in [0.1, 0.15) is 11.5 Å². The number of hydrogen-bond acceptors (Lipinski definition) is 2. The van der Waals surface area contributed by atoms with Crippen LogP contribution in [0, 0.1) is 5.82 Å². The van der Waals surface area contributed by atoms with Crippen molar-refractivity contribution in [3.63, 3.8) is 0 Å². The van der Waals surface area contributed by atoms with Gasteiger partial charge in [-0.1, -0.05) is 30.3 Å². The van der Waals surface area contributed by atoms with E-state index in [1.807, 2.05) is 18.2 Å². The van der Waals surface area contributed by atoms with Crippen molar-refractivity contribution in [1.29, 1.82) is 0 Å². The third-order valence-corrected chi connectivity index (χ3v) is 6.45. The highest BCUT2D eigenvalue weighted by Crippen LogP contribution is 2.35. The van der Waals surface area contributed by atoms with Gasteiger partial charge in [-0.15, -0.1) is 0 Å². The smallest absolute Gasteiger partial charge is 0.123 e. The Morgan fingerprint density at radius 2 is 1.71 bits per heavy atom. The lowest BCUT2D eigenvalue weighted by molar-refractivity contribution is 0.460. The van der Waals surface area contributed by atoms with E-state index in [1.165, 1.54) is 24.5 Å². The van der Waals surface area contributed by atoms with Crippen LogP contribution in [0.3, 0.4) is 0 Å². The van der Waals surface area contributed by atoms with Crippen LogP contribution in [0.5, 0.6) is 0 Å². The van der Waals surface area contributed by atoms with Gasteiger partial charge in [0.15, 0.2) is 0 Å². The molecule has 5 aromatic rings. The maximum absolute atomic E-state index is 13.8. The number of aromatic amines is 2. The van der Waals surface area contributed by atoms with Crippen LogP contribution in [0.25, 0.3) is 44.3 Å². The SMILES string of the molecule is Fc1cccc(-c2cccc3[nH]c(-c4n[nH]c5ccc(C6CCNCC6)cc45)cc23)c1. The maximum atomic E-state index is 13.8. The van der Waals surface area contributed by atoms with Crippen LogP contribution in [-0.4, -0.2) is 28.3 Å². The number of halogens is 1. The number of rotatable bonds is 3. The number of H-pyrrole nitrogens is 2. The Labute approximate surface area is 179 Å². The second kappa shape index (κ2) is 7.36. The van der Waals surface area contributed by atoms with E-state index in [2.05, 4.69) is 50.8 Å². The minimum Gasteiger partial charge on any atom is -0.353 e. The fraction of sp³-hybridized carbons (Fsp3) is 0.192. The Morgan fingerprint density at radius 3 is 2.58 bits per heavy atom. The number of hydrogen-bond donors (Lipinski definition) is 3. The van der Waals surface area contributed by atoms with E-state index in [9.17, 15) is 4.39 Å². The van der Waals surface area contributed by atoms with Crippen molar-refractivity contribution in [1.82, 2.24) is 20.5 Å². The summed E-state index contributed by atoms with van der Waals surface area (Å²) in [5.74, 6) is 0.365. The van der Waals surface area contributed by atoms with E-state index >= 15 is 0 Å². The quantitative estimate of drug-likeness (QED) is 0.342. The molecule has 0 atom stereocenters. The van der Waals surface area contributed by atoms with Crippen molar-refractivity contribution in [3.8, 4) is 22.5 Å². The summed E-state index contributed by atoms with van der Waals surface area (Å²) in [4.78, 5) is 3.53. The predicted octanol–water partition coefficient (Wildman–Crippen LogP) is 5.98. The molecule has 0 spiro atoms. The summed E-state index contributed by atoms with van der Waals surface area (Å²) >= 11 is 0. The Balaban J connectivity index is 1.47. The molecule has 31 heavy (non-hydrogen) atoms. The maximum Gasteiger partial charge on any atom is 0.123 e. The molecule has 2 aromatic heterocycles. The highest BCUT2D eigenvalue weighted by Gasteiger charge is 2.18. The van der Waals surface area contributed by atoms with Crippen LogP contribution in [0.4, 0.5) is 4.39 Å². The number of nitrogens with zero attached hydrogens (tertiary/aromatic N) is 1. The molecule has 4 nitrogen and oxygen atoms in total. The lowest BCUT2D eigenvalue weighted by Gasteiger charge is -2.23. The van der Waals surface area contributed by atoms with Gasteiger partial charge >= 0.3 is 0 Å². The van der Waals surface area contributed by atoms with Gasteiger partial charge in [-0.3, -0.25) is 5.10 Å². The lowest BCUT2D eigenvalue weighted by Crippen LogP contribution is -2.26. The summed E-state index contributed by atoms with van der Waals surface area (Å²) in [6, 6.07) is 21.6. The van der Waals surface area contributed by atoms with Gasteiger partial charge in [0.25, 0.3) is 0 Å². The van der Waals surface area contributed by atoms with Gasteiger partial charge in [0.05, 0.1) is 11.2 Å². The van der Waals surface area contributed by atoms with Crippen molar-refractivity contribution in [2.24, 2.45) is 0 Å². The molecule has 0 unspecified atom stereocenters. The first-order chi connectivity index (χ1) is 15.3. The van der Waals surface area contributed by atoms with Gasteiger partial charge in [-0.25, -0.2) is 4.39 Å². The molecule has 0 aliphatic carbocycles. The van der Waals surface area contributed by atoms with Gasteiger partial charge in [-0.05, 0) is 84.9 Å². The summed E-state index contributed by atoms with van der Waals surface area (Å²) in [6.07, 6.45) is 2.34. The zero-order chi connectivity index (χ0) is 20.8. The third-order valence-electron chi connectivity index (χ3n) is 6.45. The van der Waals surface area contributed by atoms with Crippen LogP contribution >= 0.6 is 0 Å². The number of aromatic nitrogens is 3. The van der Waals surface area contributed by atoms with Crippen molar-refractivity contribution in [3.05, 3.63) is 78.1 Å². The standard InChI is InChI=1S/C26H23FN4/c27-19-4-1-3-18(13-19)20-5-2-6-23-21(20)15-25(29-23)26-22-14-17(7-8-24(22)30-31-26)16-9-11-28-12-10-16/h1-8,13-16,28-29H,9-12H2,(H,30,31). The van der Waals surface area contributed by atoms with E-state index in [-0.39, 0.29) is 5.82 Å². The molecule has 1 aliphatic heterocycles. The minimum atomic E-state index is -0.228. The second-order valence-corrected chi connectivity index (χ2v) is 8.36. The number of nitrogens with one attached hydrogen (secondary N) is 3. The molecule has 0 radical (unpaired) electrons. The van der Waals surface area contributed by atoms with Gasteiger partial charge < -0.3 is 10.3 Å². The molecule has 3 N–H and O–H groups in total. The molecule has 3 heterocycles. The second-order valence-electron chi connectivity index (χ2n) is 8.36. The molecule has 6 rings (SSSR count). The topological polar surface area (TPSA) is 56.5 Å². The van der Waals surface area contributed by atoms with Crippen molar-refractivity contribution in [2.45, 2.75) is 18.8 Å². The van der Waals surface area contributed by atoms with Crippen LogP contribution in [0.2, 0.25) is 0 Å². The highest BCUT2D eigenvalue weighted by molar-refractivity contribution is 6.01. The Bertz CT molecular complexity index is 1390.